The third-order valence-electron chi connectivity index (χ3n) is 3.79. The summed E-state index contributed by atoms with van der Waals surface area (Å²) in [6.45, 7) is 3.42. The quantitative estimate of drug-likeness (QED) is 0.623. The lowest BCUT2D eigenvalue weighted by molar-refractivity contribution is -0.129. The molecule has 1 aliphatic rings. The molecule has 21 heavy (non-hydrogen) atoms. The van der Waals surface area contributed by atoms with Crippen molar-refractivity contribution >= 4 is 45.5 Å². The van der Waals surface area contributed by atoms with Crippen molar-refractivity contribution in [3.8, 4) is 0 Å². The molecule has 0 aromatic carbocycles. The number of carbonyl (C=O) groups is 1. The number of carbonyl (C=O) groups excluding carboxylic acids is 1. The summed E-state index contributed by atoms with van der Waals surface area (Å²) in [5, 5.41) is 3.41. The number of nitrogens with zero attached hydrogens (tertiary/aromatic N) is 5. The van der Waals surface area contributed by atoms with Gasteiger partial charge in [0.1, 0.15) is 6.33 Å². The van der Waals surface area contributed by atoms with E-state index in [4.69, 9.17) is 0 Å². The zero-order valence-corrected chi connectivity index (χ0v) is 14.2. The van der Waals surface area contributed by atoms with Crippen LogP contribution in [0, 0.1) is 3.83 Å². The number of imidazole rings is 1. The van der Waals surface area contributed by atoms with Crippen LogP contribution in [0.2, 0.25) is 0 Å². The average molecular weight is 400 g/mol. The number of aromatic nitrogens is 4. The van der Waals surface area contributed by atoms with Gasteiger partial charge in [-0.05, 0) is 6.42 Å². The Labute approximate surface area is 136 Å². The van der Waals surface area contributed by atoms with Crippen LogP contribution in [-0.2, 0) is 11.8 Å². The van der Waals surface area contributed by atoms with Crippen molar-refractivity contribution < 1.29 is 4.79 Å². The number of nitrogens with one attached hydrogen (secondary N) is 1. The van der Waals surface area contributed by atoms with Gasteiger partial charge in [0.05, 0.1) is 0 Å². The van der Waals surface area contributed by atoms with E-state index in [1.165, 1.54) is 0 Å². The lowest BCUT2D eigenvalue weighted by atomic mass is 10.2. The fraction of sp³-hybridized carbons (Fsp3) is 0.538. The summed E-state index contributed by atoms with van der Waals surface area (Å²) < 4.78 is 2.81. The fourth-order valence-corrected chi connectivity index (χ4v) is 3.07. The number of halogens is 1. The van der Waals surface area contributed by atoms with Crippen molar-refractivity contribution in [2.24, 2.45) is 7.05 Å². The largest absolute Gasteiger partial charge is 0.364 e. The van der Waals surface area contributed by atoms with Gasteiger partial charge < -0.3 is 14.8 Å². The molecule has 3 rings (SSSR count). The Morgan fingerprint density at radius 2 is 2.33 bits per heavy atom. The molecular formula is C13H17IN6O. The molecule has 0 radical (unpaired) electrons. The molecule has 2 aromatic heterocycles. The molecule has 7 nitrogen and oxygen atoms in total. The predicted molar refractivity (Wildman–Crippen MR) is 87.9 cm³/mol. The lowest BCUT2D eigenvalue weighted by Gasteiger charge is -2.16. The van der Waals surface area contributed by atoms with Crippen LogP contribution >= 0.6 is 22.6 Å². The maximum absolute atomic E-state index is 11.7. The molecular weight excluding hydrogens is 383 g/mol. The topological polar surface area (TPSA) is 75.9 Å². The molecule has 1 unspecified atom stereocenters. The second kappa shape index (κ2) is 5.74. The normalized spacial score (nSPS) is 18.4. The summed E-state index contributed by atoms with van der Waals surface area (Å²) in [5.41, 5.74) is 1.60. The molecule has 8 heteroatoms. The number of hydrogen-bond acceptors (Lipinski definition) is 5. The van der Waals surface area contributed by atoms with Crippen molar-refractivity contribution in [1.82, 2.24) is 24.4 Å². The van der Waals surface area contributed by atoms with Gasteiger partial charge in [-0.15, -0.1) is 0 Å². The van der Waals surface area contributed by atoms with Crippen molar-refractivity contribution in [2.45, 2.75) is 25.8 Å². The Balaban J connectivity index is 1.80. The van der Waals surface area contributed by atoms with Crippen molar-refractivity contribution in [2.75, 3.05) is 18.4 Å². The minimum absolute atomic E-state index is 0.208. The van der Waals surface area contributed by atoms with Gasteiger partial charge in [0.2, 0.25) is 5.91 Å². The molecule has 1 fully saturated rings. The van der Waals surface area contributed by atoms with Crippen LogP contribution in [0.15, 0.2) is 6.33 Å². The van der Waals surface area contributed by atoms with E-state index in [1.807, 2.05) is 23.4 Å². The Hall–Kier alpha value is -1.45. The van der Waals surface area contributed by atoms with Gasteiger partial charge in [-0.3, -0.25) is 4.79 Å². The van der Waals surface area contributed by atoms with Crippen LogP contribution in [-0.4, -0.2) is 49.5 Å². The number of amides is 1. The highest BCUT2D eigenvalue weighted by atomic mass is 127. The fourth-order valence-electron chi connectivity index (χ4n) is 2.60. The average Bonchev–Trinajstić information content (AvgIpc) is 3.06. The molecule has 1 saturated heterocycles. The molecule has 112 valence electrons. The van der Waals surface area contributed by atoms with Gasteiger partial charge in [-0.2, -0.15) is 0 Å². The van der Waals surface area contributed by atoms with E-state index in [1.54, 1.807) is 6.33 Å². The minimum Gasteiger partial charge on any atom is -0.364 e. The van der Waals surface area contributed by atoms with Gasteiger partial charge in [0, 0.05) is 55.2 Å². The van der Waals surface area contributed by atoms with Crippen LogP contribution in [0.25, 0.3) is 11.2 Å². The van der Waals surface area contributed by atoms with Gasteiger partial charge in [0.25, 0.3) is 0 Å². The summed E-state index contributed by atoms with van der Waals surface area (Å²) >= 11 is 2.18. The molecule has 1 aliphatic heterocycles. The second-order valence-corrected chi connectivity index (χ2v) is 6.12. The molecule has 3 heterocycles. The molecule has 2 aromatic rings. The first kappa shape index (κ1) is 14.5. The number of anilines is 1. The maximum atomic E-state index is 11.7. The van der Waals surface area contributed by atoms with E-state index in [9.17, 15) is 4.79 Å². The van der Waals surface area contributed by atoms with Gasteiger partial charge >= 0.3 is 0 Å². The molecule has 0 aliphatic carbocycles. The third-order valence-corrected chi connectivity index (χ3v) is 4.75. The van der Waals surface area contributed by atoms with Crippen LogP contribution in [0.5, 0.6) is 0 Å². The first-order chi connectivity index (χ1) is 10.1. The standard InChI is InChI=1S/C13H17IN6O/c1-3-9(21)20-5-4-8(6-20)17-11-10-12(16-7-15-11)19(2)13(14)18-10/h7-8H,3-6H2,1-2H3,(H,15,16,17). The smallest absolute Gasteiger partial charge is 0.222 e. The highest BCUT2D eigenvalue weighted by Gasteiger charge is 2.26. The number of likely N-dealkylation sites (tertiary alicyclic amines) is 1. The molecule has 1 amide bonds. The molecule has 0 spiro atoms. The maximum Gasteiger partial charge on any atom is 0.222 e. The zero-order chi connectivity index (χ0) is 15.0. The SMILES string of the molecule is CCC(=O)N1CCC(Nc2ncnc3c2nc(I)n3C)C1. The minimum atomic E-state index is 0.208. The van der Waals surface area contributed by atoms with E-state index in [0.717, 1.165) is 40.3 Å². The molecule has 0 bridgehead atoms. The van der Waals surface area contributed by atoms with Gasteiger partial charge in [-0.1, -0.05) is 6.92 Å². The first-order valence-electron chi connectivity index (χ1n) is 6.97. The van der Waals surface area contributed by atoms with Gasteiger partial charge in [-0.25, -0.2) is 15.0 Å². The van der Waals surface area contributed by atoms with E-state index < -0.39 is 0 Å². The number of aryl methyl sites for hydroxylation is 1. The van der Waals surface area contributed by atoms with Crippen LogP contribution in [0.3, 0.4) is 0 Å². The summed E-state index contributed by atoms with van der Waals surface area (Å²) in [7, 11) is 1.94. The van der Waals surface area contributed by atoms with E-state index in [0.29, 0.717) is 6.42 Å². The van der Waals surface area contributed by atoms with Crippen molar-refractivity contribution in [1.29, 1.82) is 0 Å². The van der Waals surface area contributed by atoms with E-state index >= 15 is 0 Å². The number of fused-ring (bicyclic) bond motifs is 1. The van der Waals surface area contributed by atoms with Crippen LogP contribution in [0.4, 0.5) is 5.82 Å². The first-order valence-corrected chi connectivity index (χ1v) is 8.05. The summed E-state index contributed by atoms with van der Waals surface area (Å²) in [6.07, 6.45) is 3.04. The molecule has 0 saturated carbocycles. The Kier molecular flexibility index (Phi) is 3.96. The monoisotopic (exact) mass is 400 g/mol. The third kappa shape index (κ3) is 2.68. The Morgan fingerprint density at radius 3 is 3.10 bits per heavy atom. The lowest BCUT2D eigenvalue weighted by Crippen LogP contribution is -2.31. The number of hydrogen-bond donors (Lipinski definition) is 1. The van der Waals surface area contributed by atoms with Crippen LogP contribution in [0.1, 0.15) is 19.8 Å². The predicted octanol–water partition coefficient (Wildman–Crippen LogP) is 1.39. The van der Waals surface area contributed by atoms with E-state index in [-0.39, 0.29) is 11.9 Å². The molecule has 1 atom stereocenters. The Morgan fingerprint density at radius 1 is 1.52 bits per heavy atom. The summed E-state index contributed by atoms with van der Waals surface area (Å²) in [4.78, 5) is 26.7. The molecule has 1 N–H and O–H groups in total. The summed E-state index contributed by atoms with van der Waals surface area (Å²) in [5.74, 6) is 0.953. The van der Waals surface area contributed by atoms with Gasteiger partial charge in [0.15, 0.2) is 20.8 Å². The highest BCUT2D eigenvalue weighted by molar-refractivity contribution is 14.1. The second-order valence-electron chi connectivity index (χ2n) is 5.16. The van der Waals surface area contributed by atoms with Crippen molar-refractivity contribution in [3.05, 3.63) is 10.2 Å². The number of rotatable bonds is 3. The zero-order valence-electron chi connectivity index (χ0n) is 12.0. The van der Waals surface area contributed by atoms with Crippen LogP contribution < -0.4 is 5.32 Å². The Bertz CT molecular complexity index is 685. The van der Waals surface area contributed by atoms with Crippen molar-refractivity contribution in [3.63, 3.8) is 0 Å². The highest BCUT2D eigenvalue weighted by Crippen LogP contribution is 2.22. The van der Waals surface area contributed by atoms with E-state index in [2.05, 4.69) is 42.9 Å². The summed E-state index contributed by atoms with van der Waals surface area (Å²) in [6, 6.07) is 0.221.